The van der Waals surface area contributed by atoms with E-state index in [1.807, 2.05) is 36.4 Å². The molecule has 0 saturated heterocycles. The first-order chi connectivity index (χ1) is 10.4. The van der Waals surface area contributed by atoms with E-state index in [0.717, 1.165) is 22.2 Å². The fraction of sp³-hybridized carbons (Fsp3) is 0. The van der Waals surface area contributed by atoms with E-state index in [1.165, 1.54) is 16.5 Å². The van der Waals surface area contributed by atoms with Gasteiger partial charge in [0.25, 0.3) is 0 Å². The summed E-state index contributed by atoms with van der Waals surface area (Å²) in [6, 6.07) is 19.5. The number of furan rings is 1. The van der Waals surface area contributed by atoms with Crippen LogP contribution in [-0.4, -0.2) is 4.98 Å². The van der Waals surface area contributed by atoms with Crippen molar-refractivity contribution in [1.29, 1.82) is 0 Å². The number of fused-ring (bicyclic) bond motifs is 1. The first kappa shape index (κ1) is 13.4. The summed E-state index contributed by atoms with van der Waals surface area (Å²) in [7, 11) is 0. The van der Waals surface area contributed by atoms with E-state index in [0.29, 0.717) is 5.76 Å². The van der Waals surface area contributed by atoms with Crippen molar-refractivity contribution in [3.8, 4) is 11.5 Å². The summed E-state index contributed by atoms with van der Waals surface area (Å²) in [6.45, 7) is 0. The van der Waals surface area contributed by atoms with Crippen LogP contribution < -0.4 is 0 Å². The zero-order valence-electron chi connectivity index (χ0n) is 11.5. The van der Waals surface area contributed by atoms with Crippen LogP contribution in [0.4, 0.5) is 0 Å². The Hall–Kier alpha value is -2.22. The summed E-state index contributed by atoms with van der Waals surface area (Å²) in [4.78, 5) is 4.74. The first-order valence-corrected chi connectivity index (χ1v) is 6.91. The molecule has 107 valence electrons. The molecule has 2 nitrogen and oxygen atoms in total. The Labute approximate surface area is 140 Å². The van der Waals surface area contributed by atoms with Crippen molar-refractivity contribution in [2.45, 2.75) is 0 Å². The third kappa shape index (κ3) is 1.87. The van der Waals surface area contributed by atoms with Gasteiger partial charge in [-0.2, -0.15) is 0 Å². The van der Waals surface area contributed by atoms with Crippen LogP contribution in [0.1, 0.15) is 11.1 Å². The van der Waals surface area contributed by atoms with Crippen molar-refractivity contribution >= 4 is 34.0 Å². The average Bonchev–Trinajstić information content (AvgIpc) is 3.12. The van der Waals surface area contributed by atoms with E-state index < -0.39 is 0 Å². The minimum Gasteiger partial charge on any atom is -0.518 e. The summed E-state index contributed by atoms with van der Waals surface area (Å²) >= 11 is 0. The topological polar surface area (TPSA) is 26.0 Å². The molecule has 0 amide bonds. The number of aromatic nitrogens is 1. The largest absolute Gasteiger partial charge is 0.518 e. The van der Waals surface area contributed by atoms with Crippen LogP contribution in [0, 0.1) is 6.07 Å². The van der Waals surface area contributed by atoms with E-state index in [1.54, 1.807) is 0 Å². The standard InChI is InChI=1S/C19H10NO.Ir/c1-2-7-17-13(4-1)11-18(21-17)16-10-14-9-8-12-5-3-6-15(20-16)19(12)14;/h1-10H;/q-1;. The van der Waals surface area contributed by atoms with Gasteiger partial charge in [-0.25, -0.2) is 0 Å². The Kier molecular flexibility index (Phi) is 3.00. The number of benzene rings is 2. The van der Waals surface area contributed by atoms with Crippen LogP contribution >= 0.6 is 0 Å². The normalized spacial score (nSPS) is 12.0. The molecule has 2 heterocycles. The second-order valence-corrected chi connectivity index (χ2v) is 5.22. The van der Waals surface area contributed by atoms with Gasteiger partial charge in [0.1, 0.15) is 0 Å². The third-order valence-corrected chi connectivity index (χ3v) is 3.92. The van der Waals surface area contributed by atoms with Crippen LogP contribution in [0.3, 0.4) is 0 Å². The minimum absolute atomic E-state index is 0. The van der Waals surface area contributed by atoms with E-state index >= 15 is 0 Å². The predicted octanol–water partition coefficient (Wildman–Crippen LogP) is 4.93. The van der Waals surface area contributed by atoms with Crippen molar-refractivity contribution < 1.29 is 24.5 Å². The Bertz CT molecular complexity index is 1010. The molecule has 0 N–H and O–H groups in total. The monoisotopic (exact) mass is 461 g/mol. The predicted molar refractivity (Wildman–Crippen MR) is 84.7 cm³/mol. The molecule has 1 aliphatic rings. The van der Waals surface area contributed by atoms with Crippen LogP contribution in [0.25, 0.3) is 45.5 Å². The molecule has 0 aliphatic heterocycles. The van der Waals surface area contributed by atoms with Crippen molar-refractivity contribution in [2.75, 3.05) is 0 Å². The molecule has 2 aromatic carbocycles. The summed E-state index contributed by atoms with van der Waals surface area (Å²) in [6.07, 6.45) is 4.26. The van der Waals surface area contributed by atoms with Crippen LogP contribution in [-0.2, 0) is 20.1 Å². The van der Waals surface area contributed by atoms with Gasteiger partial charge in [-0.15, -0.1) is 17.5 Å². The van der Waals surface area contributed by atoms with Gasteiger partial charge in [-0.05, 0) is 17.2 Å². The maximum absolute atomic E-state index is 5.88. The average molecular weight is 461 g/mol. The maximum atomic E-state index is 5.88. The Morgan fingerprint density at radius 3 is 2.68 bits per heavy atom. The molecule has 0 fully saturated rings. The molecule has 4 aromatic rings. The number of hydrogen-bond acceptors (Lipinski definition) is 2. The Morgan fingerprint density at radius 1 is 0.909 bits per heavy atom. The van der Waals surface area contributed by atoms with Crippen LogP contribution in [0.5, 0.6) is 0 Å². The fourth-order valence-electron chi connectivity index (χ4n) is 2.95. The zero-order valence-corrected chi connectivity index (χ0v) is 13.9. The van der Waals surface area contributed by atoms with Gasteiger partial charge >= 0.3 is 0 Å². The van der Waals surface area contributed by atoms with Gasteiger partial charge < -0.3 is 4.42 Å². The number of para-hydroxylation sites is 1. The summed E-state index contributed by atoms with van der Waals surface area (Å²) < 4.78 is 5.88. The Morgan fingerprint density at radius 2 is 1.77 bits per heavy atom. The second-order valence-electron chi connectivity index (χ2n) is 5.22. The van der Waals surface area contributed by atoms with Crippen LogP contribution in [0.2, 0.25) is 0 Å². The SMILES string of the molecule is [Ir].[c-]1c(-c2cc3c4c(cccc4n2)C=C3)oc2ccccc12. The molecule has 1 radical (unpaired) electrons. The first-order valence-electron chi connectivity index (χ1n) is 6.91. The molecular formula is C19H10IrNO-. The van der Waals surface area contributed by atoms with E-state index in [4.69, 9.17) is 9.40 Å². The molecule has 0 unspecified atom stereocenters. The van der Waals surface area contributed by atoms with Crippen molar-refractivity contribution in [3.63, 3.8) is 0 Å². The molecule has 1 aliphatic carbocycles. The molecular weight excluding hydrogens is 450 g/mol. The molecule has 2 aromatic heterocycles. The van der Waals surface area contributed by atoms with Gasteiger partial charge in [0, 0.05) is 36.8 Å². The molecule has 0 saturated carbocycles. The number of rotatable bonds is 1. The van der Waals surface area contributed by atoms with Gasteiger partial charge in [0.2, 0.25) is 0 Å². The van der Waals surface area contributed by atoms with Gasteiger partial charge in [-0.3, -0.25) is 4.98 Å². The summed E-state index contributed by atoms with van der Waals surface area (Å²) in [5, 5.41) is 2.20. The van der Waals surface area contributed by atoms with Crippen molar-refractivity contribution in [3.05, 3.63) is 65.7 Å². The fourth-order valence-corrected chi connectivity index (χ4v) is 2.95. The quantitative estimate of drug-likeness (QED) is 0.332. The van der Waals surface area contributed by atoms with Crippen LogP contribution in [0.15, 0.2) is 52.9 Å². The molecule has 0 bridgehead atoms. The number of pyridine rings is 1. The maximum Gasteiger partial charge on any atom is 0.0609 e. The molecule has 0 atom stereocenters. The minimum atomic E-state index is 0. The zero-order chi connectivity index (χ0) is 13.8. The molecule has 22 heavy (non-hydrogen) atoms. The van der Waals surface area contributed by atoms with E-state index in [-0.39, 0.29) is 20.1 Å². The molecule has 5 rings (SSSR count). The molecule has 0 spiro atoms. The van der Waals surface area contributed by atoms with Gasteiger partial charge in [-0.1, -0.05) is 48.6 Å². The van der Waals surface area contributed by atoms with E-state index in [9.17, 15) is 0 Å². The van der Waals surface area contributed by atoms with Crippen molar-refractivity contribution in [1.82, 2.24) is 4.98 Å². The summed E-state index contributed by atoms with van der Waals surface area (Å²) in [5.41, 5.74) is 5.10. The number of nitrogens with zero attached hydrogens (tertiary/aromatic N) is 1. The second kappa shape index (κ2) is 4.91. The van der Waals surface area contributed by atoms with Gasteiger partial charge in [0.15, 0.2) is 0 Å². The Balaban J connectivity index is 0.00000125. The van der Waals surface area contributed by atoms with Crippen molar-refractivity contribution in [2.24, 2.45) is 0 Å². The number of hydrogen-bond donors (Lipinski definition) is 0. The van der Waals surface area contributed by atoms with E-state index in [2.05, 4.69) is 30.4 Å². The molecule has 3 heteroatoms. The summed E-state index contributed by atoms with van der Waals surface area (Å²) in [5.74, 6) is 0.694. The van der Waals surface area contributed by atoms with Gasteiger partial charge in [0.05, 0.1) is 11.3 Å². The third-order valence-electron chi connectivity index (χ3n) is 3.92. The smallest absolute Gasteiger partial charge is 0.0609 e.